The Kier molecular flexibility index (Phi) is 4.96. The van der Waals surface area contributed by atoms with Crippen LogP contribution in [0.15, 0.2) is 30.3 Å². The predicted octanol–water partition coefficient (Wildman–Crippen LogP) is 0.464. The fraction of sp³-hybridized carbons (Fsp3) is 0.556. The summed E-state index contributed by atoms with van der Waals surface area (Å²) >= 11 is 0. The number of hydrogen-bond donors (Lipinski definition) is 2. The smallest absolute Gasteiger partial charge is 0.324 e. The summed E-state index contributed by atoms with van der Waals surface area (Å²) in [5, 5.41) is 2.70. The number of nitrogens with zero attached hydrogens (tertiary/aromatic N) is 1. The Morgan fingerprint density at radius 3 is 2.61 bits per heavy atom. The van der Waals surface area contributed by atoms with Crippen molar-refractivity contribution < 1.29 is 14.5 Å². The van der Waals surface area contributed by atoms with Crippen LogP contribution in [0, 0.1) is 5.92 Å². The number of urea groups is 1. The number of carbonyl (C=O) groups excluding carboxylic acids is 2. The average molecular weight is 316 g/mol. The van der Waals surface area contributed by atoms with Crippen molar-refractivity contribution in [3.63, 3.8) is 0 Å². The first-order valence-electron chi connectivity index (χ1n) is 8.63. The number of imide groups is 1. The number of piperidine rings is 1. The van der Waals surface area contributed by atoms with Gasteiger partial charge < -0.3 is 10.2 Å². The zero-order valence-electron chi connectivity index (χ0n) is 13.8. The van der Waals surface area contributed by atoms with Gasteiger partial charge in [-0.2, -0.15) is 0 Å². The van der Waals surface area contributed by atoms with E-state index in [0.29, 0.717) is 19.0 Å². The summed E-state index contributed by atoms with van der Waals surface area (Å²) in [6.45, 7) is 5.07. The molecule has 0 radical (unpaired) electrons. The Morgan fingerprint density at radius 1 is 1.30 bits per heavy atom. The predicted molar refractivity (Wildman–Crippen MR) is 88.1 cm³/mol. The Morgan fingerprint density at radius 2 is 2.00 bits per heavy atom. The standard InChI is InChI=1S/C18H25N3O2/c1-14(17(22)21-12-9-19-18(21)23)20-10-7-16(8-11-20)13-15-5-3-2-4-6-15/h2-6,14,16H,7-13H2,1H3,(H,19,23)/p+1/t14-/m1/s1. The zero-order valence-corrected chi connectivity index (χ0v) is 13.8. The van der Waals surface area contributed by atoms with Gasteiger partial charge >= 0.3 is 6.03 Å². The van der Waals surface area contributed by atoms with E-state index in [1.54, 1.807) is 0 Å². The average Bonchev–Trinajstić information content (AvgIpc) is 3.01. The van der Waals surface area contributed by atoms with Crippen molar-refractivity contribution in [3.8, 4) is 0 Å². The van der Waals surface area contributed by atoms with Gasteiger partial charge in [0.15, 0.2) is 6.04 Å². The molecule has 0 saturated carbocycles. The lowest BCUT2D eigenvalue weighted by Crippen LogP contribution is -3.17. The molecular weight excluding hydrogens is 290 g/mol. The van der Waals surface area contributed by atoms with Gasteiger partial charge in [0.25, 0.3) is 5.91 Å². The maximum absolute atomic E-state index is 12.5. The van der Waals surface area contributed by atoms with Gasteiger partial charge in [0.2, 0.25) is 0 Å². The van der Waals surface area contributed by atoms with Crippen LogP contribution in [0.2, 0.25) is 0 Å². The summed E-state index contributed by atoms with van der Waals surface area (Å²) in [4.78, 5) is 26.8. The molecule has 5 heteroatoms. The van der Waals surface area contributed by atoms with Crippen molar-refractivity contribution in [1.29, 1.82) is 0 Å². The summed E-state index contributed by atoms with van der Waals surface area (Å²) in [5.41, 5.74) is 1.40. The number of likely N-dealkylation sites (tertiary alicyclic amines) is 1. The summed E-state index contributed by atoms with van der Waals surface area (Å²) in [6.07, 6.45) is 3.42. The lowest BCUT2D eigenvalue weighted by Gasteiger charge is -2.33. The summed E-state index contributed by atoms with van der Waals surface area (Å²) in [7, 11) is 0. The van der Waals surface area contributed by atoms with E-state index in [1.165, 1.54) is 15.4 Å². The van der Waals surface area contributed by atoms with Crippen LogP contribution in [0.1, 0.15) is 25.3 Å². The Hall–Kier alpha value is -1.88. The molecule has 2 heterocycles. The Labute approximate surface area is 137 Å². The van der Waals surface area contributed by atoms with Crippen LogP contribution in [-0.2, 0) is 11.2 Å². The van der Waals surface area contributed by atoms with Gasteiger partial charge in [0.05, 0.1) is 13.1 Å². The van der Waals surface area contributed by atoms with Crippen LogP contribution >= 0.6 is 0 Å². The molecule has 23 heavy (non-hydrogen) atoms. The number of benzene rings is 1. The molecule has 0 aliphatic carbocycles. The first-order chi connectivity index (χ1) is 11.1. The third-order valence-electron chi connectivity index (χ3n) is 5.22. The van der Waals surface area contributed by atoms with Gasteiger partial charge in [-0.3, -0.25) is 9.69 Å². The largest absolute Gasteiger partial charge is 0.336 e. The van der Waals surface area contributed by atoms with Crippen LogP contribution in [0.3, 0.4) is 0 Å². The molecule has 3 amide bonds. The minimum absolute atomic E-state index is 0.0310. The van der Waals surface area contributed by atoms with Crippen LogP contribution in [-0.4, -0.2) is 49.1 Å². The molecule has 2 saturated heterocycles. The van der Waals surface area contributed by atoms with E-state index < -0.39 is 0 Å². The lowest BCUT2D eigenvalue weighted by molar-refractivity contribution is -0.920. The quantitative estimate of drug-likeness (QED) is 0.848. The van der Waals surface area contributed by atoms with Crippen LogP contribution in [0.4, 0.5) is 4.79 Å². The molecule has 2 fully saturated rings. The molecule has 1 aromatic rings. The monoisotopic (exact) mass is 316 g/mol. The fourth-order valence-electron chi connectivity index (χ4n) is 3.72. The summed E-state index contributed by atoms with van der Waals surface area (Å²) in [6, 6.07) is 10.3. The number of amides is 3. The third kappa shape index (κ3) is 3.72. The molecule has 0 spiro atoms. The SMILES string of the molecule is C[C@H](C(=O)N1CCNC1=O)[NH+]1CCC(Cc2ccccc2)CC1. The Bertz CT molecular complexity index is 553. The zero-order chi connectivity index (χ0) is 16.2. The first-order valence-corrected chi connectivity index (χ1v) is 8.63. The second-order valence-corrected chi connectivity index (χ2v) is 6.73. The van der Waals surface area contributed by atoms with Crippen LogP contribution in [0.25, 0.3) is 0 Å². The van der Waals surface area contributed by atoms with Gasteiger partial charge in [0.1, 0.15) is 0 Å². The van der Waals surface area contributed by atoms with Crippen LogP contribution in [0.5, 0.6) is 0 Å². The third-order valence-corrected chi connectivity index (χ3v) is 5.22. The van der Waals surface area contributed by atoms with E-state index in [9.17, 15) is 9.59 Å². The van der Waals surface area contributed by atoms with Crippen molar-refractivity contribution in [3.05, 3.63) is 35.9 Å². The maximum atomic E-state index is 12.5. The minimum Gasteiger partial charge on any atom is -0.336 e. The molecule has 0 bridgehead atoms. The number of nitrogens with one attached hydrogen (secondary N) is 2. The molecule has 0 unspecified atom stereocenters. The van der Waals surface area contributed by atoms with Gasteiger partial charge in [-0.15, -0.1) is 0 Å². The number of quaternary nitrogens is 1. The highest BCUT2D eigenvalue weighted by molar-refractivity contribution is 5.97. The molecule has 2 N–H and O–H groups in total. The molecule has 1 aromatic carbocycles. The van der Waals surface area contributed by atoms with Gasteiger partial charge in [-0.1, -0.05) is 30.3 Å². The van der Waals surface area contributed by atoms with Gasteiger partial charge in [-0.05, 0) is 37.7 Å². The second-order valence-electron chi connectivity index (χ2n) is 6.73. The lowest BCUT2D eigenvalue weighted by atomic mass is 9.89. The van der Waals surface area contributed by atoms with Crippen molar-refractivity contribution >= 4 is 11.9 Å². The topological polar surface area (TPSA) is 53.9 Å². The second kappa shape index (κ2) is 7.13. The molecule has 2 aliphatic rings. The molecule has 124 valence electrons. The molecule has 1 atom stereocenters. The van der Waals surface area contributed by atoms with E-state index in [-0.39, 0.29) is 18.0 Å². The normalized spacial score (nSPS) is 26.0. The molecule has 0 aromatic heterocycles. The maximum Gasteiger partial charge on any atom is 0.324 e. The van der Waals surface area contributed by atoms with Crippen molar-refractivity contribution in [2.75, 3.05) is 26.2 Å². The van der Waals surface area contributed by atoms with E-state index in [0.717, 1.165) is 32.4 Å². The van der Waals surface area contributed by atoms with E-state index in [1.807, 2.05) is 6.92 Å². The number of rotatable bonds is 4. The molecule has 2 aliphatic heterocycles. The highest BCUT2D eigenvalue weighted by Crippen LogP contribution is 2.16. The van der Waals surface area contributed by atoms with E-state index in [4.69, 9.17) is 0 Å². The van der Waals surface area contributed by atoms with Crippen LogP contribution < -0.4 is 10.2 Å². The molecule has 3 rings (SSSR count). The van der Waals surface area contributed by atoms with Gasteiger partial charge in [-0.25, -0.2) is 4.79 Å². The Balaban J connectivity index is 1.50. The first kappa shape index (κ1) is 16.0. The fourth-order valence-corrected chi connectivity index (χ4v) is 3.72. The number of carbonyl (C=O) groups is 2. The highest BCUT2D eigenvalue weighted by atomic mass is 16.2. The summed E-state index contributed by atoms with van der Waals surface area (Å²) < 4.78 is 0. The van der Waals surface area contributed by atoms with Gasteiger partial charge in [0, 0.05) is 13.1 Å². The van der Waals surface area contributed by atoms with E-state index in [2.05, 4.69) is 35.6 Å². The minimum atomic E-state index is -0.236. The van der Waals surface area contributed by atoms with Crippen molar-refractivity contribution in [2.45, 2.75) is 32.2 Å². The molecular formula is C18H26N3O2+. The van der Waals surface area contributed by atoms with Crippen molar-refractivity contribution in [2.24, 2.45) is 5.92 Å². The molecule has 5 nitrogen and oxygen atoms in total. The summed E-state index contributed by atoms with van der Waals surface area (Å²) in [5.74, 6) is 0.676. The highest BCUT2D eigenvalue weighted by Gasteiger charge is 2.36. The van der Waals surface area contributed by atoms with Crippen molar-refractivity contribution in [1.82, 2.24) is 10.2 Å². The van der Waals surface area contributed by atoms with E-state index >= 15 is 0 Å². The number of hydrogen-bond acceptors (Lipinski definition) is 2.